The molecule has 0 aromatic heterocycles. The zero-order valence-electron chi connectivity index (χ0n) is 10.8. The molecule has 0 bridgehead atoms. The maximum absolute atomic E-state index is 11.5. The fraction of sp³-hybridized carbons (Fsp3) is 0.500. The van der Waals surface area contributed by atoms with Gasteiger partial charge in [0.1, 0.15) is 0 Å². The van der Waals surface area contributed by atoms with Gasteiger partial charge in [0, 0.05) is 6.42 Å². The summed E-state index contributed by atoms with van der Waals surface area (Å²) < 4.78 is 35.7. The van der Waals surface area contributed by atoms with E-state index in [0.29, 0.717) is 0 Å². The number of terminal acetylenes is 2. The molecule has 8 heteroatoms. The van der Waals surface area contributed by atoms with Gasteiger partial charge in [-0.15, -0.1) is 12.8 Å². The molecule has 0 fully saturated rings. The van der Waals surface area contributed by atoms with Gasteiger partial charge in [-0.3, -0.25) is 8.98 Å². The van der Waals surface area contributed by atoms with Crippen LogP contribution in [0.1, 0.15) is 12.8 Å². The van der Waals surface area contributed by atoms with Crippen molar-refractivity contribution in [1.29, 1.82) is 0 Å². The number of carbonyl (C=O) groups excluding carboxylic acids is 2. The van der Waals surface area contributed by atoms with Crippen LogP contribution in [0.4, 0.5) is 0 Å². The number of hydrogen-bond acceptors (Lipinski definition) is 7. The van der Waals surface area contributed by atoms with Crippen LogP contribution in [-0.2, 0) is 33.4 Å². The molecule has 0 aliphatic carbocycles. The van der Waals surface area contributed by atoms with Crippen molar-refractivity contribution in [2.45, 2.75) is 18.9 Å². The van der Waals surface area contributed by atoms with Crippen LogP contribution >= 0.6 is 0 Å². The fourth-order valence-electron chi connectivity index (χ4n) is 1.07. The molecule has 1 unspecified atom stereocenters. The van der Waals surface area contributed by atoms with Crippen LogP contribution in [0.3, 0.4) is 0 Å². The Bertz CT molecular complexity index is 521. The number of hydrogen-bond donors (Lipinski definition) is 0. The van der Waals surface area contributed by atoms with Crippen LogP contribution in [0, 0.1) is 24.7 Å². The first kappa shape index (κ1) is 18.0. The van der Waals surface area contributed by atoms with Crippen LogP contribution in [0.2, 0.25) is 0 Å². The fourth-order valence-corrected chi connectivity index (χ4v) is 1.66. The average Bonchev–Trinajstić information content (AvgIpc) is 2.36. The highest BCUT2D eigenvalue weighted by molar-refractivity contribution is 7.86. The first-order valence-corrected chi connectivity index (χ1v) is 7.19. The molecule has 0 saturated heterocycles. The Morgan fingerprint density at radius 2 is 1.70 bits per heavy atom. The molecule has 0 rings (SSSR count). The summed E-state index contributed by atoms with van der Waals surface area (Å²) in [6.45, 7) is -0.540. The molecule has 0 aliphatic heterocycles. The van der Waals surface area contributed by atoms with E-state index in [1.165, 1.54) is 0 Å². The summed E-state index contributed by atoms with van der Waals surface area (Å²) in [5.41, 5.74) is 0. The van der Waals surface area contributed by atoms with Gasteiger partial charge in [-0.1, -0.05) is 11.8 Å². The Morgan fingerprint density at radius 1 is 1.15 bits per heavy atom. The predicted molar refractivity (Wildman–Crippen MR) is 68.5 cm³/mol. The molecular formula is C12H14O7S. The third-order valence-corrected chi connectivity index (χ3v) is 2.36. The second-order valence-electron chi connectivity index (χ2n) is 3.50. The van der Waals surface area contributed by atoms with E-state index < -0.39 is 28.2 Å². The summed E-state index contributed by atoms with van der Waals surface area (Å²) in [6.07, 6.45) is 8.61. The van der Waals surface area contributed by atoms with E-state index in [1.54, 1.807) is 0 Å². The van der Waals surface area contributed by atoms with Crippen LogP contribution < -0.4 is 0 Å². The minimum absolute atomic E-state index is 0.210. The lowest BCUT2D eigenvalue weighted by molar-refractivity contribution is -0.151. The molecule has 0 radical (unpaired) electrons. The molecule has 0 saturated carbocycles. The summed E-state index contributed by atoms with van der Waals surface area (Å²) in [7, 11) is -3.90. The summed E-state index contributed by atoms with van der Waals surface area (Å²) >= 11 is 0. The molecule has 7 nitrogen and oxygen atoms in total. The molecule has 0 heterocycles. The Morgan fingerprint density at radius 3 is 2.20 bits per heavy atom. The van der Waals surface area contributed by atoms with Gasteiger partial charge >= 0.3 is 11.9 Å². The summed E-state index contributed by atoms with van der Waals surface area (Å²) in [6, 6.07) is 0. The standard InChI is InChI=1S/C12H14O7S/c1-4-8-17-11(13)7-6-10(19-20(3,15)16)12(14)18-9-5-2/h1-2,10H,6-9H2,3H3. The average molecular weight is 302 g/mol. The van der Waals surface area contributed by atoms with Crippen molar-refractivity contribution in [2.24, 2.45) is 0 Å². The monoisotopic (exact) mass is 302 g/mol. The van der Waals surface area contributed by atoms with Crippen molar-refractivity contribution >= 4 is 22.1 Å². The van der Waals surface area contributed by atoms with Gasteiger partial charge in [0.25, 0.3) is 10.1 Å². The molecule has 0 spiro atoms. The van der Waals surface area contributed by atoms with Crippen LogP contribution in [0.25, 0.3) is 0 Å². The van der Waals surface area contributed by atoms with Crippen LogP contribution in [0.5, 0.6) is 0 Å². The van der Waals surface area contributed by atoms with Crippen molar-refractivity contribution in [3.8, 4) is 24.7 Å². The number of ether oxygens (including phenoxy) is 2. The van der Waals surface area contributed by atoms with Crippen molar-refractivity contribution in [3.05, 3.63) is 0 Å². The van der Waals surface area contributed by atoms with Crippen molar-refractivity contribution in [1.82, 2.24) is 0 Å². The lowest BCUT2D eigenvalue weighted by Crippen LogP contribution is -2.30. The molecule has 110 valence electrons. The largest absolute Gasteiger partial charge is 0.452 e. The zero-order valence-corrected chi connectivity index (χ0v) is 11.6. The molecule has 0 amide bonds. The molecule has 0 aromatic carbocycles. The number of carbonyl (C=O) groups is 2. The van der Waals surface area contributed by atoms with Gasteiger partial charge < -0.3 is 9.47 Å². The lowest BCUT2D eigenvalue weighted by Gasteiger charge is -2.13. The van der Waals surface area contributed by atoms with Crippen molar-refractivity contribution in [2.75, 3.05) is 19.5 Å². The SMILES string of the molecule is C#CCOC(=O)CCC(OS(C)(=O)=O)C(=O)OCC#C. The minimum atomic E-state index is -3.90. The van der Waals surface area contributed by atoms with Gasteiger partial charge in [0.2, 0.25) is 0 Å². The van der Waals surface area contributed by atoms with E-state index in [-0.39, 0.29) is 26.1 Å². The van der Waals surface area contributed by atoms with Crippen molar-refractivity contribution < 1.29 is 31.7 Å². The van der Waals surface area contributed by atoms with Gasteiger partial charge in [0.05, 0.1) is 6.26 Å². The van der Waals surface area contributed by atoms with Gasteiger partial charge in [-0.2, -0.15) is 8.42 Å². The van der Waals surface area contributed by atoms with Gasteiger partial charge in [0.15, 0.2) is 19.3 Å². The van der Waals surface area contributed by atoms with Gasteiger partial charge in [-0.05, 0) is 6.42 Å². The second-order valence-corrected chi connectivity index (χ2v) is 5.11. The quantitative estimate of drug-likeness (QED) is 0.337. The Kier molecular flexibility index (Phi) is 8.06. The van der Waals surface area contributed by atoms with Gasteiger partial charge in [-0.25, -0.2) is 4.79 Å². The molecule has 1 atom stereocenters. The van der Waals surface area contributed by atoms with Crippen LogP contribution in [-0.4, -0.2) is 45.9 Å². The molecular weight excluding hydrogens is 288 g/mol. The topological polar surface area (TPSA) is 96.0 Å². The minimum Gasteiger partial charge on any atom is -0.452 e. The smallest absolute Gasteiger partial charge is 0.337 e. The van der Waals surface area contributed by atoms with E-state index >= 15 is 0 Å². The number of esters is 2. The lowest BCUT2D eigenvalue weighted by atomic mass is 10.2. The molecule has 0 N–H and O–H groups in total. The maximum atomic E-state index is 11.5. The summed E-state index contributed by atoms with van der Waals surface area (Å²) in [4.78, 5) is 22.7. The highest BCUT2D eigenvalue weighted by Crippen LogP contribution is 2.09. The summed E-state index contributed by atoms with van der Waals surface area (Å²) in [5, 5.41) is 0. The first-order valence-electron chi connectivity index (χ1n) is 5.37. The Balaban J connectivity index is 4.55. The molecule has 0 aliphatic rings. The normalized spacial score (nSPS) is 11.8. The van der Waals surface area contributed by atoms with Crippen molar-refractivity contribution in [3.63, 3.8) is 0 Å². The second kappa shape index (κ2) is 8.97. The highest BCUT2D eigenvalue weighted by atomic mass is 32.2. The molecule has 20 heavy (non-hydrogen) atoms. The third-order valence-electron chi connectivity index (χ3n) is 1.78. The molecule has 0 aromatic rings. The van der Waals surface area contributed by atoms with E-state index in [0.717, 1.165) is 6.26 Å². The van der Waals surface area contributed by atoms with E-state index in [4.69, 9.17) is 12.8 Å². The van der Waals surface area contributed by atoms with E-state index in [2.05, 4.69) is 19.6 Å². The maximum Gasteiger partial charge on any atom is 0.337 e. The van der Waals surface area contributed by atoms with E-state index in [9.17, 15) is 18.0 Å². The zero-order chi connectivity index (χ0) is 15.6. The Hall–Kier alpha value is -2.03. The Labute approximate surface area is 117 Å². The number of rotatable bonds is 8. The third kappa shape index (κ3) is 8.97. The highest BCUT2D eigenvalue weighted by Gasteiger charge is 2.26. The van der Waals surface area contributed by atoms with E-state index in [1.807, 2.05) is 5.92 Å². The summed E-state index contributed by atoms with van der Waals surface area (Å²) in [5.74, 6) is 2.48. The first-order chi connectivity index (χ1) is 9.30. The predicted octanol–water partition coefficient (Wildman–Crippen LogP) is -0.536. The van der Waals surface area contributed by atoms with Crippen LogP contribution in [0.15, 0.2) is 0 Å².